The van der Waals surface area contributed by atoms with E-state index in [0.717, 1.165) is 44.0 Å². The molecule has 56 heavy (non-hydrogen) atoms. The Morgan fingerprint density at radius 1 is 0.536 bits per heavy atom. The average Bonchev–Trinajstić information content (AvgIpc) is 3.61. The van der Waals surface area contributed by atoms with Crippen LogP contribution in [-0.2, 0) is 11.3 Å². The third kappa shape index (κ3) is 29.7. The SMILES string of the molecule is C=C(CCCCCCCN(CCCCCCCC(=O)C(CCCCCC)CCCCCCCC)CCCn1ccnc1C)C(CCCC)CCCCCCCC. The Labute approximate surface area is 351 Å². The van der Waals surface area contributed by atoms with Crippen LogP contribution in [0.5, 0.6) is 0 Å². The molecule has 0 aliphatic heterocycles. The number of hydrogen-bond acceptors (Lipinski definition) is 3. The van der Waals surface area contributed by atoms with Crippen LogP contribution in [0.15, 0.2) is 24.5 Å². The number of carbonyl (C=O) groups excluding carboxylic acids is 1. The number of imidazole rings is 1. The van der Waals surface area contributed by atoms with Gasteiger partial charge >= 0.3 is 0 Å². The fourth-order valence-electron chi connectivity index (χ4n) is 8.86. The number of aryl methyl sites for hydroxylation is 2. The molecule has 0 N–H and O–H groups in total. The number of hydrogen-bond donors (Lipinski definition) is 0. The smallest absolute Gasteiger partial charge is 0.135 e. The molecule has 0 aliphatic carbocycles. The number of unbranched alkanes of at least 4 members (excludes halogenated alkanes) is 22. The molecule has 0 bridgehead atoms. The van der Waals surface area contributed by atoms with E-state index in [0.29, 0.717) is 11.7 Å². The van der Waals surface area contributed by atoms with E-state index in [-0.39, 0.29) is 0 Å². The Balaban J connectivity index is 2.39. The lowest BCUT2D eigenvalue weighted by atomic mass is 9.86. The predicted octanol–water partition coefficient (Wildman–Crippen LogP) is 16.6. The minimum atomic E-state index is 0.333. The second kappa shape index (κ2) is 39.1. The molecule has 0 spiro atoms. The first kappa shape index (κ1) is 52.6. The topological polar surface area (TPSA) is 38.1 Å². The van der Waals surface area contributed by atoms with Crippen molar-refractivity contribution < 1.29 is 4.79 Å². The van der Waals surface area contributed by atoms with Crippen molar-refractivity contribution in [1.82, 2.24) is 14.5 Å². The molecular formula is C52H99N3O. The highest BCUT2D eigenvalue weighted by atomic mass is 16.1. The highest BCUT2D eigenvalue weighted by molar-refractivity contribution is 5.80. The summed E-state index contributed by atoms with van der Waals surface area (Å²) in [7, 11) is 0. The normalized spacial score (nSPS) is 12.8. The van der Waals surface area contributed by atoms with Crippen molar-refractivity contribution in [2.45, 2.75) is 266 Å². The summed E-state index contributed by atoms with van der Waals surface area (Å²) in [6.07, 6.45) is 49.4. The van der Waals surface area contributed by atoms with E-state index in [4.69, 9.17) is 0 Å². The Kier molecular flexibility index (Phi) is 36.7. The molecule has 1 rings (SSSR count). The van der Waals surface area contributed by atoms with Crippen LogP contribution < -0.4 is 0 Å². The fraction of sp³-hybridized carbons (Fsp3) is 0.885. The summed E-state index contributed by atoms with van der Waals surface area (Å²) in [5.74, 6) is 2.81. The number of carbonyl (C=O) groups is 1. The van der Waals surface area contributed by atoms with Gasteiger partial charge in [0.2, 0.25) is 0 Å². The van der Waals surface area contributed by atoms with E-state index < -0.39 is 0 Å². The lowest BCUT2D eigenvalue weighted by Crippen LogP contribution is -2.28. The van der Waals surface area contributed by atoms with Gasteiger partial charge in [0.05, 0.1) is 0 Å². The summed E-state index contributed by atoms with van der Waals surface area (Å²) >= 11 is 0. The largest absolute Gasteiger partial charge is 0.335 e. The van der Waals surface area contributed by atoms with Crippen molar-refractivity contribution in [1.29, 1.82) is 0 Å². The Morgan fingerprint density at radius 2 is 0.946 bits per heavy atom. The minimum absolute atomic E-state index is 0.333. The molecule has 1 aromatic heterocycles. The highest BCUT2D eigenvalue weighted by Crippen LogP contribution is 2.28. The van der Waals surface area contributed by atoms with Gasteiger partial charge in [-0.1, -0.05) is 194 Å². The van der Waals surface area contributed by atoms with Gasteiger partial charge in [0.1, 0.15) is 11.6 Å². The summed E-state index contributed by atoms with van der Waals surface area (Å²) in [6, 6.07) is 0. The average molecular weight is 782 g/mol. The number of nitrogens with zero attached hydrogens (tertiary/aromatic N) is 3. The lowest BCUT2D eigenvalue weighted by Gasteiger charge is -2.23. The molecule has 1 heterocycles. The van der Waals surface area contributed by atoms with Crippen LogP contribution in [0, 0.1) is 18.8 Å². The zero-order valence-electron chi connectivity index (χ0n) is 38.8. The quantitative estimate of drug-likeness (QED) is 0.0489. The second-order valence-corrected chi connectivity index (χ2v) is 18.0. The predicted molar refractivity (Wildman–Crippen MR) is 249 cm³/mol. The minimum Gasteiger partial charge on any atom is -0.335 e. The first-order valence-corrected chi connectivity index (χ1v) is 25.4. The molecule has 4 nitrogen and oxygen atoms in total. The van der Waals surface area contributed by atoms with Gasteiger partial charge in [-0.25, -0.2) is 4.98 Å². The molecule has 4 heteroatoms. The van der Waals surface area contributed by atoms with Gasteiger partial charge in [-0.2, -0.15) is 0 Å². The summed E-state index contributed by atoms with van der Waals surface area (Å²) in [5.41, 5.74) is 1.56. The summed E-state index contributed by atoms with van der Waals surface area (Å²) in [6.45, 7) is 20.7. The van der Waals surface area contributed by atoms with E-state index in [1.54, 1.807) is 5.57 Å². The van der Waals surface area contributed by atoms with Crippen LogP contribution in [0.1, 0.15) is 258 Å². The molecule has 0 amide bonds. The fourth-order valence-corrected chi connectivity index (χ4v) is 8.86. The van der Waals surface area contributed by atoms with Crippen molar-refractivity contribution in [3.63, 3.8) is 0 Å². The van der Waals surface area contributed by atoms with Gasteiger partial charge in [0, 0.05) is 31.3 Å². The number of aromatic nitrogens is 2. The van der Waals surface area contributed by atoms with E-state index in [1.807, 2.05) is 6.20 Å². The van der Waals surface area contributed by atoms with Crippen molar-refractivity contribution in [2.75, 3.05) is 19.6 Å². The number of Topliss-reactive ketones (excluding diaryl/α,β-unsaturated/α-hetero) is 1. The van der Waals surface area contributed by atoms with Crippen LogP contribution in [-0.4, -0.2) is 39.9 Å². The standard InChI is InChI=1S/C52H99N3O/c1-7-11-15-18-23-30-38-50(37-14-10-4)48(5)36-28-22-20-26-33-43-54(45-35-46-55-47-42-53-49(55)6)44-34-27-21-25-32-41-52(56)51(39-29-17-13-9-3)40-31-24-19-16-12-8-2/h42,47,50-51H,5,7-41,43-46H2,1-4,6H3. The maximum atomic E-state index is 13.3. The number of allylic oxidation sites excluding steroid dienone is 1. The molecule has 0 fully saturated rings. The maximum Gasteiger partial charge on any atom is 0.135 e. The van der Waals surface area contributed by atoms with Gasteiger partial charge < -0.3 is 9.47 Å². The van der Waals surface area contributed by atoms with Crippen LogP contribution in [0.25, 0.3) is 0 Å². The lowest BCUT2D eigenvalue weighted by molar-refractivity contribution is -0.123. The van der Waals surface area contributed by atoms with Crippen LogP contribution in [0.2, 0.25) is 0 Å². The second-order valence-electron chi connectivity index (χ2n) is 18.0. The zero-order valence-corrected chi connectivity index (χ0v) is 38.8. The van der Waals surface area contributed by atoms with Crippen LogP contribution in [0.4, 0.5) is 0 Å². The van der Waals surface area contributed by atoms with Gasteiger partial charge in [0.25, 0.3) is 0 Å². The third-order valence-corrected chi connectivity index (χ3v) is 12.8. The van der Waals surface area contributed by atoms with Gasteiger partial charge in [-0.05, 0) is 96.7 Å². The van der Waals surface area contributed by atoms with Gasteiger partial charge in [-0.15, -0.1) is 0 Å². The number of rotatable bonds is 44. The third-order valence-electron chi connectivity index (χ3n) is 12.8. The molecule has 0 aromatic carbocycles. The Hall–Kier alpha value is -1.42. The Bertz CT molecular complexity index is 1000. The highest BCUT2D eigenvalue weighted by Gasteiger charge is 2.17. The molecule has 0 saturated carbocycles. The summed E-state index contributed by atoms with van der Waals surface area (Å²) in [5, 5.41) is 0. The monoisotopic (exact) mass is 782 g/mol. The zero-order chi connectivity index (χ0) is 40.7. The molecule has 328 valence electrons. The van der Waals surface area contributed by atoms with Crippen LogP contribution in [0.3, 0.4) is 0 Å². The van der Waals surface area contributed by atoms with Crippen molar-refractivity contribution in [2.24, 2.45) is 11.8 Å². The summed E-state index contributed by atoms with van der Waals surface area (Å²) in [4.78, 5) is 20.5. The van der Waals surface area contributed by atoms with E-state index >= 15 is 0 Å². The van der Waals surface area contributed by atoms with Crippen molar-refractivity contribution >= 4 is 5.78 Å². The van der Waals surface area contributed by atoms with Crippen molar-refractivity contribution in [3.8, 4) is 0 Å². The van der Waals surface area contributed by atoms with Crippen LogP contribution >= 0.6 is 0 Å². The summed E-state index contributed by atoms with van der Waals surface area (Å²) < 4.78 is 2.30. The first-order chi connectivity index (χ1) is 27.5. The molecule has 0 aliphatic rings. The molecule has 2 atom stereocenters. The number of ketones is 1. The van der Waals surface area contributed by atoms with E-state index in [9.17, 15) is 4.79 Å². The van der Waals surface area contributed by atoms with Gasteiger partial charge in [0.15, 0.2) is 0 Å². The van der Waals surface area contributed by atoms with Gasteiger partial charge in [-0.3, -0.25) is 4.79 Å². The van der Waals surface area contributed by atoms with Crippen molar-refractivity contribution in [3.05, 3.63) is 30.4 Å². The molecule has 0 saturated heterocycles. The van der Waals surface area contributed by atoms with E-state index in [1.165, 1.54) is 219 Å². The molecule has 2 unspecified atom stereocenters. The molecule has 1 aromatic rings. The molecular weight excluding hydrogens is 683 g/mol. The van der Waals surface area contributed by atoms with E-state index in [2.05, 4.69) is 61.8 Å². The maximum absolute atomic E-state index is 13.3. The first-order valence-electron chi connectivity index (χ1n) is 25.4. The molecule has 0 radical (unpaired) electrons. The Morgan fingerprint density at radius 3 is 1.46 bits per heavy atom.